The lowest BCUT2D eigenvalue weighted by molar-refractivity contribution is 0.411. The van der Waals surface area contributed by atoms with Gasteiger partial charge in [0.25, 0.3) is 0 Å². The number of nitrogens with zero attached hydrogens (tertiary/aromatic N) is 2. The first kappa shape index (κ1) is 13.6. The van der Waals surface area contributed by atoms with Crippen LogP contribution in [0.15, 0.2) is 30.5 Å². The van der Waals surface area contributed by atoms with Crippen molar-refractivity contribution in [3.05, 3.63) is 41.7 Å². The fourth-order valence-electron chi connectivity index (χ4n) is 1.96. The molecule has 4 heteroatoms. The Morgan fingerprint density at radius 3 is 2.89 bits per heavy atom. The summed E-state index contributed by atoms with van der Waals surface area (Å²) in [6.45, 7) is 6.04. The highest BCUT2D eigenvalue weighted by Crippen LogP contribution is 2.23. The van der Waals surface area contributed by atoms with Crippen LogP contribution in [0.25, 0.3) is 5.69 Å². The van der Waals surface area contributed by atoms with Crippen LogP contribution in [0.4, 0.5) is 0 Å². The Labute approximate surface area is 114 Å². The van der Waals surface area contributed by atoms with Crippen molar-refractivity contribution in [1.29, 1.82) is 0 Å². The standard InChI is InChI=1S/C15H21N3O/c1-4-8-16-11-13-7-9-18(17-13)14-10-12(2)5-6-15(14)19-3/h5-7,9-10,16H,4,8,11H2,1-3H3. The van der Waals surface area contributed by atoms with Gasteiger partial charge in [-0.1, -0.05) is 13.0 Å². The Bertz CT molecular complexity index is 534. The van der Waals surface area contributed by atoms with E-state index in [0.717, 1.165) is 36.6 Å². The smallest absolute Gasteiger partial charge is 0.144 e. The van der Waals surface area contributed by atoms with E-state index in [1.807, 2.05) is 29.1 Å². The van der Waals surface area contributed by atoms with E-state index < -0.39 is 0 Å². The molecule has 0 bridgehead atoms. The third kappa shape index (κ3) is 3.35. The zero-order valence-corrected chi connectivity index (χ0v) is 11.8. The highest BCUT2D eigenvalue weighted by molar-refractivity contribution is 5.48. The third-order valence-electron chi connectivity index (χ3n) is 2.96. The van der Waals surface area contributed by atoms with Gasteiger partial charge in [-0.2, -0.15) is 5.10 Å². The van der Waals surface area contributed by atoms with Crippen molar-refractivity contribution < 1.29 is 4.74 Å². The normalized spacial score (nSPS) is 10.7. The van der Waals surface area contributed by atoms with E-state index in [0.29, 0.717) is 0 Å². The average Bonchev–Trinajstić information content (AvgIpc) is 2.88. The Kier molecular flexibility index (Phi) is 4.58. The van der Waals surface area contributed by atoms with E-state index in [1.165, 1.54) is 5.56 Å². The zero-order chi connectivity index (χ0) is 13.7. The highest BCUT2D eigenvalue weighted by atomic mass is 16.5. The molecule has 1 aromatic carbocycles. The van der Waals surface area contributed by atoms with E-state index in [9.17, 15) is 0 Å². The molecule has 0 atom stereocenters. The maximum absolute atomic E-state index is 5.39. The van der Waals surface area contributed by atoms with E-state index in [-0.39, 0.29) is 0 Å². The van der Waals surface area contributed by atoms with Gasteiger partial charge in [-0.25, -0.2) is 4.68 Å². The molecule has 0 radical (unpaired) electrons. The number of methoxy groups -OCH3 is 1. The minimum atomic E-state index is 0.801. The second kappa shape index (κ2) is 6.38. The molecule has 0 spiro atoms. The van der Waals surface area contributed by atoms with Crippen LogP contribution in [-0.2, 0) is 6.54 Å². The first-order chi connectivity index (χ1) is 9.24. The summed E-state index contributed by atoms with van der Waals surface area (Å²) in [6, 6.07) is 8.12. The topological polar surface area (TPSA) is 39.1 Å². The van der Waals surface area contributed by atoms with E-state index in [2.05, 4.69) is 30.3 Å². The molecule has 0 amide bonds. The Hall–Kier alpha value is -1.81. The van der Waals surface area contributed by atoms with Crippen LogP contribution in [0.3, 0.4) is 0 Å². The van der Waals surface area contributed by atoms with Crippen molar-refractivity contribution in [3.63, 3.8) is 0 Å². The molecule has 1 N–H and O–H groups in total. The summed E-state index contributed by atoms with van der Waals surface area (Å²) in [5, 5.41) is 7.93. The van der Waals surface area contributed by atoms with Gasteiger partial charge in [0.15, 0.2) is 0 Å². The highest BCUT2D eigenvalue weighted by Gasteiger charge is 2.07. The molecule has 0 unspecified atom stereocenters. The molecule has 0 saturated heterocycles. The third-order valence-corrected chi connectivity index (χ3v) is 2.96. The summed E-state index contributed by atoms with van der Waals surface area (Å²) in [5.74, 6) is 0.835. The molecule has 4 nitrogen and oxygen atoms in total. The fourth-order valence-corrected chi connectivity index (χ4v) is 1.96. The molecule has 2 rings (SSSR count). The van der Waals surface area contributed by atoms with Crippen LogP contribution in [0, 0.1) is 6.92 Å². The predicted octanol–water partition coefficient (Wildman–Crippen LogP) is 2.69. The maximum atomic E-state index is 5.39. The first-order valence-electron chi connectivity index (χ1n) is 6.65. The minimum Gasteiger partial charge on any atom is -0.494 e. The van der Waals surface area contributed by atoms with Crippen LogP contribution >= 0.6 is 0 Å². The molecule has 0 aliphatic carbocycles. The molecule has 1 heterocycles. The Balaban J connectivity index is 2.20. The van der Waals surface area contributed by atoms with Gasteiger partial charge in [-0.3, -0.25) is 0 Å². The van der Waals surface area contributed by atoms with Gasteiger partial charge in [-0.05, 0) is 43.7 Å². The van der Waals surface area contributed by atoms with Crippen LogP contribution in [0.5, 0.6) is 5.75 Å². The Morgan fingerprint density at radius 2 is 2.16 bits per heavy atom. The van der Waals surface area contributed by atoms with Crippen molar-refractivity contribution in [2.24, 2.45) is 0 Å². The molecule has 1 aromatic heterocycles. The fraction of sp³-hybridized carbons (Fsp3) is 0.400. The number of nitrogens with one attached hydrogen (secondary N) is 1. The summed E-state index contributed by atoms with van der Waals surface area (Å²) < 4.78 is 7.26. The number of aryl methyl sites for hydroxylation is 1. The molecular formula is C15H21N3O. The van der Waals surface area contributed by atoms with Crippen LogP contribution in [0.2, 0.25) is 0 Å². The monoisotopic (exact) mass is 259 g/mol. The van der Waals surface area contributed by atoms with E-state index in [4.69, 9.17) is 4.74 Å². The summed E-state index contributed by atoms with van der Waals surface area (Å²) in [4.78, 5) is 0. The number of ether oxygens (including phenoxy) is 1. The molecule has 0 aliphatic heterocycles. The Morgan fingerprint density at radius 1 is 1.32 bits per heavy atom. The lowest BCUT2D eigenvalue weighted by atomic mass is 10.2. The summed E-state index contributed by atoms with van der Waals surface area (Å²) in [5.41, 5.74) is 3.21. The van der Waals surface area contributed by atoms with Gasteiger partial charge in [0.2, 0.25) is 0 Å². The van der Waals surface area contributed by atoms with Crippen molar-refractivity contribution in [2.75, 3.05) is 13.7 Å². The summed E-state index contributed by atoms with van der Waals surface area (Å²) in [6.07, 6.45) is 3.10. The summed E-state index contributed by atoms with van der Waals surface area (Å²) >= 11 is 0. The molecule has 0 fully saturated rings. The SMILES string of the molecule is CCCNCc1ccn(-c2cc(C)ccc2OC)n1. The van der Waals surface area contributed by atoms with Crippen LogP contribution in [0.1, 0.15) is 24.6 Å². The van der Waals surface area contributed by atoms with Gasteiger partial charge in [-0.15, -0.1) is 0 Å². The van der Waals surface area contributed by atoms with Crippen molar-refractivity contribution in [3.8, 4) is 11.4 Å². The van der Waals surface area contributed by atoms with Gasteiger partial charge in [0.1, 0.15) is 11.4 Å². The van der Waals surface area contributed by atoms with Crippen LogP contribution < -0.4 is 10.1 Å². The largest absolute Gasteiger partial charge is 0.494 e. The maximum Gasteiger partial charge on any atom is 0.144 e. The number of aromatic nitrogens is 2. The lowest BCUT2D eigenvalue weighted by Crippen LogP contribution is -2.14. The predicted molar refractivity (Wildman–Crippen MR) is 76.9 cm³/mol. The molecular weight excluding hydrogens is 238 g/mol. The molecule has 2 aromatic rings. The first-order valence-corrected chi connectivity index (χ1v) is 6.65. The zero-order valence-electron chi connectivity index (χ0n) is 11.8. The van der Waals surface area contributed by atoms with Gasteiger partial charge >= 0.3 is 0 Å². The number of rotatable bonds is 6. The van der Waals surface area contributed by atoms with E-state index >= 15 is 0 Å². The number of hydrogen-bond donors (Lipinski definition) is 1. The number of benzene rings is 1. The van der Waals surface area contributed by atoms with Crippen LogP contribution in [-0.4, -0.2) is 23.4 Å². The van der Waals surface area contributed by atoms with E-state index in [1.54, 1.807) is 7.11 Å². The second-order valence-electron chi connectivity index (χ2n) is 4.60. The van der Waals surface area contributed by atoms with Crippen molar-refractivity contribution in [2.45, 2.75) is 26.8 Å². The molecule has 19 heavy (non-hydrogen) atoms. The van der Waals surface area contributed by atoms with Crippen molar-refractivity contribution >= 4 is 0 Å². The molecule has 102 valence electrons. The molecule has 0 saturated carbocycles. The quantitative estimate of drug-likeness (QED) is 0.811. The lowest BCUT2D eigenvalue weighted by Gasteiger charge is -2.09. The minimum absolute atomic E-state index is 0.801. The number of hydrogen-bond acceptors (Lipinski definition) is 3. The second-order valence-corrected chi connectivity index (χ2v) is 4.60. The summed E-state index contributed by atoms with van der Waals surface area (Å²) in [7, 11) is 1.68. The average molecular weight is 259 g/mol. The van der Waals surface area contributed by atoms with Gasteiger partial charge < -0.3 is 10.1 Å². The molecule has 0 aliphatic rings. The van der Waals surface area contributed by atoms with Crippen molar-refractivity contribution in [1.82, 2.24) is 15.1 Å². The van der Waals surface area contributed by atoms with Gasteiger partial charge in [0, 0.05) is 12.7 Å². The van der Waals surface area contributed by atoms with Gasteiger partial charge in [0.05, 0.1) is 12.8 Å².